The van der Waals surface area contributed by atoms with Crippen LogP contribution in [0, 0.1) is 6.92 Å². The maximum atomic E-state index is 12.9. The molecule has 0 N–H and O–H groups in total. The zero-order chi connectivity index (χ0) is 21.7. The molecule has 1 aromatic carbocycles. The van der Waals surface area contributed by atoms with Crippen molar-refractivity contribution in [3.8, 4) is 0 Å². The van der Waals surface area contributed by atoms with Crippen molar-refractivity contribution in [2.24, 2.45) is 3.77 Å². The first kappa shape index (κ1) is 24.5. The fourth-order valence-electron chi connectivity index (χ4n) is 2.98. The Morgan fingerprint density at radius 1 is 1.14 bits per heavy atom. The van der Waals surface area contributed by atoms with Crippen LogP contribution >= 0.6 is 0 Å². The van der Waals surface area contributed by atoms with E-state index in [1.165, 1.54) is 6.42 Å². The van der Waals surface area contributed by atoms with Gasteiger partial charge in [0.15, 0.2) is 8.32 Å². The fourth-order valence-corrected chi connectivity index (χ4v) is 7.66. The van der Waals surface area contributed by atoms with Gasteiger partial charge in [-0.15, -0.1) is 3.77 Å². The Kier molecular flexibility index (Phi) is 8.48. The summed E-state index contributed by atoms with van der Waals surface area (Å²) in [5, 5.41) is 2.47. The van der Waals surface area contributed by atoms with E-state index in [0.29, 0.717) is 11.9 Å². The average molecular weight is 456 g/mol. The molecule has 1 aliphatic rings. The van der Waals surface area contributed by atoms with Crippen molar-refractivity contribution >= 4 is 29.0 Å². The summed E-state index contributed by atoms with van der Waals surface area (Å²) in [5.74, 6) is 0. The van der Waals surface area contributed by atoms with Crippen LogP contribution in [0.2, 0.25) is 18.1 Å². The molecule has 0 spiro atoms. The SMILES string of the molecule is Cc1ccc(S(=O)(=O)N=S(/C=C/CO[Si](C)(C)C(C)(C)C)C2CCCCC2)cc1. The first-order valence-electron chi connectivity index (χ1n) is 10.5. The summed E-state index contributed by atoms with van der Waals surface area (Å²) >= 11 is 0. The molecule has 7 heteroatoms. The van der Waals surface area contributed by atoms with Crippen LogP contribution in [0.15, 0.2) is 44.4 Å². The second-order valence-corrected chi connectivity index (χ2v) is 17.9. The van der Waals surface area contributed by atoms with Gasteiger partial charge in [0.25, 0.3) is 10.0 Å². The Labute approximate surface area is 181 Å². The van der Waals surface area contributed by atoms with E-state index in [1.807, 2.05) is 30.5 Å². The van der Waals surface area contributed by atoms with Crippen molar-refractivity contribution in [1.29, 1.82) is 0 Å². The number of hydrogen-bond acceptors (Lipinski definition) is 3. The van der Waals surface area contributed by atoms with Crippen LogP contribution < -0.4 is 0 Å². The Morgan fingerprint density at radius 2 is 1.72 bits per heavy atom. The minimum Gasteiger partial charge on any atom is -0.413 e. The van der Waals surface area contributed by atoms with E-state index < -0.39 is 29.0 Å². The molecule has 1 aromatic rings. The minimum atomic E-state index is -3.66. The molecule has 29 heavy (non-hydrogen) atoms. The average Bonchev–Trinajstić information content (AvgIpc) is 2.64. The van der Waals surface area contributed by atoms with Crippen molar-refractivity contribution in [2.75, 3.05) is 6.61 Å². The summed E-state index contributed by atoms with van der Waals surface area (Å²) in [7, 11) is -6.12. The third-order valence-electron chi connectivity index (χ3n) is 5.98. The van der Waals surface area contributed by atoms with Crippen LogP contribution in [0.4, 0.5) is 0 Å². The zero-order valence-corrected chi connectivity index (χ0v) is 21.4. The molecule has 0 saturated heterocycles. The highest BCUT2D eigenvalue weighted by molar-refractivity contribution is 8.01. The topological polar surface area (TPSA) is 55.7 Å². The lowest BCUT2D eigenvalue weighted by Gasteiger charge is -2.35. The minimum absolute atomic E-state index is 0.158. The summed E-state index contributed by atoms with van der Waals surface area (Å²) in [6.45, 7) is 13.6. The zero-order valence-electron chi connectivity index (χ0n) is 18.8. The van der Waals surface area contributed by atoms with Gasteiger partial charge in [0.2, 0.25) is 0 Å². The summed E-state index contributed by atoms with van der Waals surface area (Å²) in [6.07, 6.45) is 7.63. The van der Waals surface area contributed by atoms with Gasteiger partial charge >= 0.3 is 0 Å². The van der Waals surface area contributed by atoms with Crippen LogP contribution in [0.25, 0.3) is 0 Å². The predicted molar refractivity (Wildman–Crippen MR) is 127 cm³/mol. The second-order valence-electron chi connectivity index (χ2n) is 9.41. The van der Waals surface area contributed by atoms with E-state index in [-0.39, 0.29) is 9.93 Å². The molecule has 0 radical (unpaired) electrons. The lowest BCUT2D eigenvalue weighted by Crippen LogP contribution is -2.40. The first-order chi connectivity index (χ1) is 13.4. The maximum absolute atomic E-state index is 12.9. The maximum Gasteiger partial charge on any atom is 0.288 e. The number of aryl methyl sites for hydroxylation is 1. The summed E-state index contributed by atoms with van der Waals surface area (Å²) in [5.41, 5.74) is 1.04. The number of rotatable bonds is 7. The second kappa shape index (κ2) is 10.0. The van der Waals surface area contributed by atoms with Gasteiger partial charge in [-0.1, -0.05) is 74.5 Å². The molecular weight excluding hydrogens is 418 g/mol. The monoisotopic (exact) mass is 455 g/mol. The molecule has 0 amide bonds. The van der Waals surface area contributed by atoms with E-state index >= 15 is 0 Å². The highest BCUT2D eigenvalue weighted by Gasteiger charge is 2.36. The van der Waals surface area contributed by atoms with Crippen LogP contribution in [0.3, 0.4) is 0 Å². The molecular formula is C22H37NO3S2Si. The summed E-state index contributed by atoms with van der Waals surface area (Å²) < 4.78 is 36.4. The number of sulfonamides is 1. The number of hydrogen-bond donors (Lipinski definition) is 0. The van der Waals surface area contributed by atoms with Crippen LogP contribution in [0.1, 0.15) is 58.4 Å². The molecule has 1 saturated carbocycles. The first-order valence-corrected chi connectivity index (χ1v) is 16.2. The van der Waals surface area contributed by atoms with Gasteiger partial charge < -0.3 is 4.43 Å². The number of benzene rings is 1. The van der Waals surface area contributed by atoms with Crippen molar-refractivity contribution < 1.29 is 12.8 Å². The van der Waals surface area contributed by atoms with Gasteiger partial charge in [-0.05, 0) is 55.4 Å². The normalized spacial score (nSPS) is 18.4. The summed E-state index contributed by atoms with van der Waals surface area (Å²) in [6, 6.07) is 6.95. The van der Waals surface area contributed by atoms with Gasteiger partial charge in [-0.25, -0.2) is 0 Å². The fraction of sp³-hybridized carbons (Fsp3) is 0.636. The molecule has 0 aliphatic heterocycles. The largest absolute Gasteiger partial charge is 0.413 e. The highest BCUT2D eigenvalue weighted by atomic mass is 32.3. The van der Waals surface area contributed by atoms with Gasteiger partial charge in [-0.3, -0.25) is 0 Å². The molecule has 1 fully saturated rings. The molecule has 1 aliphatic carbocycles. The van der Waals surface area contributed by atoms with Crippen molar-refractivity contribution in [3.63, 3.8) is 0 Å². The lowest BCUT2D eigenvalue weighted by atomic mass is 10.0. The van der Waals surface area contributed by atoms with E-state index in [0.717, 1.165) is 31.2 Å². The Bertz CT molecular complexity index is 832. The van der Waals surface area contributed by atoms with Gasteiger partial charge in [0, 0.05) is 5.25 Å². The van der Waals surface area contributed by atoms with Gasteiger partial charge in [-0.2, -0.15) is 8.42 Å². The molecule has 0 aromatic heterocycles. The molecule has 164 valence electrons. The molecule has 0 heterocycles. The lowest BCUT2D eigenvalue weighted by molar-refractivity contribution is 0.328. The smallest absolute Gasteiger partial charge is 0.288 e. The van der Waals surface area contributed by atoms with Crippen LogP contribution in [-0.2, 0) is 25.1 Å². The molecule has 0 bridgehead atoms. The van der Waals surface area contributed by atoms with Gasteiger partial charge in [0.05, 0.1) is 11.5 Å². The summed E-state index contributed by atoms with van der Waals surface area (Å²) in [4.78, 5) is 0.280. The van der Waals surface area contributed by atoms with Crippen molar-refractivity contribution in [3.05, 3.63) is 41.3 Å². The molecule has 2 rings (SSSR count). The Hall–Kier alpha value is -0.763. The Balaban J connectivity index is 2.23. The molecule has 1 unspecified atom stereocenters. The highest BCUT2D eigenvalue weighted by Crippen LogP contribution is 2.36. The van der Waals surface area contributed by atoms with Gasteiger partial charge in [0.1, 0.15) is 0 Å². The van der Waals surface area contributed by atoms with E-state index in [4.69, 9.17) is 4.43 Å². The quantitative estimate of drug-likeness (QED) is 0.450. The van der Waals surface area contributed by atoms with E-state index in [1.54, 1.807) is 12.1 Å². The standard InChI is InChI=1S/C22H37NO3S2Si/c1-19-13-15-21(16-14-19)28(24,25)23-27(20-11-8-7-9-12-20)18-10-17-26-29(5,6)22(2,3)4/h10,13-16,18,20H,7-9,11-12,17H2,1-6H3/b18-10+. The Morgan fingerprint density at radius 3 is 2.28 bits per heavy atom. The molecule has 4 nitrogen and oxygen atoms in total. The third-order valence-corrected chi connectivity index (χ3v) is 14.4. The van der Waals surface area contributed by atoms with E-state index in [2.05, 4.69) is 37.6 Å². The van der Waals surface area contributed by atoms with E-state index in [9.17, 15) is 8.42 Å². The predicted octanol–water partition coefficient (Wildman–Crippen LogP) is 6.35. The number of nitrogens with zero attached hydrogens (tertiary/aromatic N) is 1. The molecule has 1 atom stereocenters. The van der Waals surface area contributed by atoms with Crippen molar-refractivity contribution in [1.82, 2.24) is 0 Å². The van der Waals surface area contributed by atoms with Crippen molar-refractivity contribution in [2.45, 2.75) is 88.1 Å². The third kappa shape index (κ3) is 7.16. The van der Waals surface area contributed by atoms with Crippen LogP contribution in [0.5, 0.6) is 0 Å². The van der Waals surface area contributed by atoms with Crippen LogP contribution in [-0.4, -0.2) is 28.6 Å².